The molecule has 0 aromatic heterocycles. The Kier molecular flexibility index (Phi) is 5.33. The molecule has 5 nitrogen and oxygen atoms in total. The van der Waals surface area contributed by atoms with Gasteiger partial charge in [-0.3, -0.25) is 9.69 Å². The Bertz CT molecular complexity index is 516. The van der Waals surface area contributed by atoms with Crippen molar-refractivity contribution in [3.8, 4) is 0 Å². The molecular weight excluding hydrogens is 268 g/mol. The number of benzene rings is 1. The molecule has 114 valence electrons. The van der Waals surface area contributed by atoms with Crippen molar-refractivity contribution in [3.05, 3.63) is 29.8 Å². The molecule has 1 heterocycles. The summed E-state index contributed by atoms with van der Waals surface area (Å²) in [5, 5.41) is 2.81. The van der Waals surface area contributed by atoms with Gasteiger partial charge in [0.1, 0.15) is 0 Å². The van der Waals surface area contributed by atoms with Gasteiger partial charge in [0.05, 0.1) is 24.9 Å². The molecule has 0 unspecified atom stereocenters. The molecule has 1 amide bonds. The van der Waals surface area contributed by atoms with E-state index < -0.39 is 5.97 Å². The third-order valence-corrected chi connectivity index (χ3v) is 3.89. The first-order valence-corrected chi connectivity index (χ1v) is 7.33. The molecule has 1 N–H and O–H groups in total. The van der Waals surface area contributed by atoms with E-state index in [1.165, 1.54) is 13.5 Å². The smallest absolute Gasteiger partial charge is 0.339 e. The first kappa shape index (κ1) is 15.5. The quantitative estimate of drug-likeness (QED) is 0.864. The summed E-state index contributed by atoms with van der Waals surface area (Å²) >= 11 is 0. The number of esters is 1. The zero-order valence-electron chi connectivity index (χ0n) is 12.6. The number of nitrogens with one attached hydrogen (secondary N) is 1. The number of amides is 1. The second-order valence-electron chi connectivity index (χ2n) is 5.40. The lowest BCUT2D eigenvalue weighted by Gasteiger charge is -2.32. The largest absolute Gasteiger partial charge is 0.465 e. The Morgan fingerprint density at radius 3 is 2.81 bits per heavy atom. The number of likely N-dealkylation sites (tertiary alicyclic amines) is 1. The minimum atomic E-state index is -0.447. The van der Waals surface area contributed by atoms with Gasteiger partial charge in [-0.05, 0) is 38.4 Å². The number of hydrogen-bond donors (Lipinski definition) is 1. The van der Waals surface area contributed by atoms with Crippen molar-refractivity contribution in [3.63, 3.8) is 0 Å². The van der Waals surface area contributed by atoms with Crippen LogP contribution in [0.15, 0.2) is 24.3 Å². The monoisotopic (exact) mass is 290 g/mol. The van der Waals surface area contributed by atoms with E-state index in [0.29, 0.717) is 23.8 Å². The molecule has 1 atom stereocenters. The van der Waals surface area contributed by atoms with Gasteiger partial charge in [-0.2, -0.15) is 0 Å². The molecule has 0 spiro atoms. The van der Waals surface area contributed by atoms with E-state index in [1.807, 2.05) is 0 Å². The summed E-state index contributed by atoms with van der Waals surface area (Å²) in [7, 11) is 1.33. The molecule has 0 saturated carbocycles. The van der Waals surface area contributed by atoms with Crippen LogP contribution < -0.4 is 5.32 Å². The van der Waals surface area contributed by atoms with Crippen LogP contribution in [0.25, 0.3) is 0 Å². The van der Waals surface area contributed by atoms with Crippen LogP contribution >= 0.6 is 0 Å². The van der Waals surface area contributed by atoms with Crippen molar-refractivity contribution in [2.75, 3.05) is 25.5 Å². The topological polar surface area (TPSA) is 58.6 Å². The minimum Gasteiger partial charge on any atom is -0.465 e. The number of ether oxygens (including phenoxy) is 1. The molecule has 21 heavy (non-hydrogen) atoms. The number of carbonyl (C=O) groups is 2. The van der Waals surface area contributed by atoms with Gasteiger partial charge < -0.3 is 10.1 Å². The number of rotatable bonds is 4. The van der Waals surface area contributed by atoms with Crippen molar-refractivity contribution in [2.45, 2.75) is 32.2 Å². The van der Waals surface area contributed by atoms with Gasteiger partial charge in [-0.25, -0.2) is 4.79 Å². The van der Waals surface area contributed by atoms with E-state index in [0.717, 1.165) is 19.4 Å². The third kappa shape index (κ3) is 4.04. The fourth-order valence-electron chi connectivity index (χ4n) is 2.65. The maximum absolute atomic E-state index is 12.2. The molecule has 0 radical (unpaired) electrons. The first-order valence-electron chi connectivity index (χ1n) is 7.33. The molecule has 1 aliphatic heterocycles. The summed E-state index contributed by atoms with van der Waals surface area (Å²) in [6.07, 6.45) is 3.49. The number of para-hydroxylation sites is 1. The fourth-order valence-corrected chi connectivity index (χ4v) is 2.65. The lowest BCUT2D eigenvalue weighted by molar-refractivity contribution is -0.118. The molecule has 0 aliphatic carbocycles. The summed E-state index contributed by atoms with van der Waals surface area (Å²) < 4.78 is 4.72. The van der Waals surface area contributed by atoms with Crippen molar-refractivity contribution in [1.82, 2.24) is 4.90 Å². The number of hydrogen-bond acceptors (Lipinski definition) is 4. The molecule has 1 saturated heterocycles. The molecule has 1 fully saturated rings. The SMILES string of the molecule is COC(=O)c1ccccc1NC(=O)CN1CCCC[C@@H]1C. The molecule has 0 bridgehead atoms. The average molecular weight is 290 g/mol. The van der Waals surface area contributed by atoms with Gasteiger partial charge in [-0.15, -0.1) is 0 Å². The normalized spacial score (nSPS) is 19.0. The van der Waals surface area contributed by atoms with E-state index in [-0.39, 0.29) is 5.91 Å². The van der Waals surface area contributed by atoms with Crippen LogP contribution in [0.1, 0.15) is 36.5 Å². The van der Waals surface area contributed by atoms with E-state index in [2.05, 4.69) is 17.1 Å². The van der Waals surface area contributed by atoms with Crippen molar-refractivity contribution in [2.24, 2.45) is 0 Å². The van der Waals surface area contributed by atoms with Gasteiger partial charge >= 0.3 is 5.97 Å². The van der Waals surface area contributed by atoms with Gasteiger partial charge in [0.25, 0.3) is 0 Å². The number of piperidine rings is 1. The summed E-state index contributed by atoms with van der Waals surface area (Å²) in [5.74, 6) is -0.544. The maximum atomic E-state index is 12.2. The molecule has 5 heteroatoms. The Morgan fingerprint density at radius 1 is 1.33 bits per heavy atom. The Morgan fingerprint density at radius 2 is 2.10 bits per heavy atom. The van der Waals surface area contributed by atoms with Gasteiger partial charge in [0.2, 0.25) is 5.91 Å². The van der Waals surface area contributed by atoms with Crippen molar-refractivity contribution < 1.29 is 14.3 Å². The molecule has 1 aromatic carbocycles. The van der Waals surface area contributed by atoms with Crippen LogP contribution in [0.2, 0.25) is 0 Å². The summed E-state index contributed by atoms with van der Waals surface area (Å²) in [4.78, 5) is 26.0. The number of nitrogens with zero attached hydrogens (tertiary/aromatic N) is 1. The minimum absolute atomic E-state index is 0.0971. The zero-order chi connectivity index (χ0) is 15.2. The highest BCUT2D eigenvalue weighted by molar-refractivity contribution is 6.01. The van der Waals surface area contributed by atoms with E-state index in [1.54, 1.807) is 24.3 Å². The molecule has 1 aliphatic rings. The summed E-state index contributed by atoms with van der Waals surface area (Å²) in [6, 6.07) is 7.31. The molecule has 2 rings (SSSR count). The number of carbonyl (C=O) groups excluding carboxylic acids is 2. The molecule has 1 aromatic rings. The molecular formula is C16H22N2O3. The van der Waals surface area contributed by atoms with E-state index in [4.69, 9.17) is 4.74 Å². The standard InChI is InChI=1S/C16H22N2O3/c1-12-7-5-6-10-18(12)11-15(19)17-14-9-4-3-8-13(14)16(20)21-2/h3-4,8-9,12H,5-7,10-11H2,1-2H3,(H,17,19)/t12-/m0/s1. The average Bonchev–Trinajstić information content (AvgIpc) is 2.49. The zero-order valence-corrected chi connectivity index (χ0v) is 12.6. The van der Waals surface area contributed by atoms with Crippen LogP contribution in [0.5, 0.6) is 0 Å². The van der Waals surface area contributed by atoms with Crippen LogP contribution in [-0.2, 0) is 9.53 Å². The van der Waals surface area contributed by atoms with E-state index >= 15 is 0 Å². The van der Waals surface area contributed by atoms with Crippen LogP contribution in [0.3, 0.4) is 0 Å². The first-order chi connectivity index (χ1) is 10.1. The Hall–Kier alpha value is -1.88. The second kappa shape index (κ2) is 7.22. The van der Waals surface area contributed by atoms with Gasteiger partial charge in [0.15, 0.2) is 0 Å². The predicted octanol–water partition coefficient (Wildman–Crippen LogP) is 2.29. The fraction of sp³-hybridized carbons (Fsp3) is 0.500. The number of methoxy groups -OCH3 is 1. The predicted molar refractivity (Wildman–Crippen MR) is 81.3 cm³/mol. The van der Waals surface area contributed by atoms with Crippen LogP contribution in [0, 0.1) is 0 Å². The highest BCUT2D eigenvalue weighted by atomic mass is 16.5. The number of anilines is 1. The van der Waals surface area contributed by atoms with Crippen LogP contribution in [-0.4, -0.2) is 43.0 Å². The van der Waals surface area contributed by atoms with Gasteiger partial charge in [0, 0.05) is 6.04 Å². The van der Waals surface area contributed by atoms with E-state index in [9.17, 15) is 9.59 Å². The third-order valence-electron chi connectivity index (χ3n) is 3.89. The highest BCUT2D eigenvalue weighted by Gasteiger charge is 2.21. The Labute approximate surface area is 125 Å². The second-order valence-corrected chi connectivity index (χ2v) is 5.40. The van der Waals surface area contributed by atoms with Crippen LogP contribution in [0.4, 0.5) is 5.69 Å². The maximum Gasteiger partial charge on any atom is 0.339 e. The summed E-state index contributed by atoms with van der Waals surface area (Å²) in [5.41, 5.74) is 0.874. The lowest BCUT2D eigenvalue weighted by Crippen LogP contribution is -2.42. The van der Waals surface area contributed by atoms with Crippen molar-refractivity contribution in [1.29, 1.82) is 0 Å². The highest BCUT2D eigenvalue weighted by Crippen LogP contribution is 2.18. The van der Waals surface area contributed by atoms with Gasteiger partial charge in [-0.1, -0.05) is 18.6 Å². The van der Waals surface area contributed by atoms with Crippen molar-refractivity contribution >= 4 is 17.6 Å². The Balaban J connectivity index is 2.01. The lowest BCUT2D eigenvalue weighted by atomic mass is 10.0. The summed E-state index contributed by atoms with van der Waals surface area (Å²) in [6.45, 7) is 3.46.